The van der Waals surface area contributed by atoms with E-state index in [1.807, 2.05) is 19.4 Å². The van der Waals surface area contributed by atoms with E-state index >= 15 is 0 Å². The molecule has 16 heavy (non-hydrogen) atoms. The minimum Gasteiger partial charge on any atom is -0.317 e. The highest BCUT2D eigenvalue weighted by atomic mass is 19.1. The van der Waals surface area contributed by atoms with Gasteiger partial charge in [0.2, 0.25) is 0 Å². The van der Waals surface area contributed by atoms with Crippen molar-refractivity contribution in [2.45, 2.75) is 37.8 Å². The molecule has 90 valence electrons. The molecule has 4 heteroatoms. The molecule has 0 bridgehead atoms. The number of alkyl halides is 1. The third kappa shape index (κ3) is 3.04. The smallest absolute Gasteiger partial charge is 0.112 e. The molecule has 1 atom stereocenters. The Morgan fingerprint density at radius 2 is 2.38 bits per heavy atom. The van der Waals surface area contributed by atoms with E-state index in [1.165, 1.54) is 0 Å². The standard InChI is InChI=1S/C12H20FN3/c1-16-10-11(9-15-16)3-5-12(13)4-2-7-14-8-6-12/h9-10,14H,2-8H2,1H3. The lowest BCUT2D eigenvalue weighted by Crippen LogP contribution is -2.25. The summed E-state index contributed by atoms with van der Waals surface area (Å²) in [5, 5.41) is 7.35. The van der Waals surface area contributed by atoms with Crippen molar-refractivity contribution < 1.29 is 4.39 Å². The van der Waals surface area contributed by atoms with Crippen molar-refractivity contribution in [3.63, 3.8) is 0 Å². The van der Waals surface area contributed by atoms with Crippen LogP contribution in [-0.2, 0) is 13.5 Å². The van der Waals surface area contributed by atoms with Gasteiger partial charge in [0, 0.05) is 13.2 Å². The number of aryl methyl sites for hydroxylation is 2. The lowest BCUT2D eigenvalue weighted by atomic mass is 9.90. The van der Waals surface area contributed by atoms with Crippen LogP contribution in [0.3, 0.4) is 0 Å². The maximum atomic E-state index is 14.5. The Kier molecular flexibility index (Phi) is 3.59. The topological polar surface area (TPSA) is 29.9 Å². The molecule has 1 saturated heterocycles. The first kappa shape index (κ1) is 11.6. The molecule has 1 aliphatic rings. The molecule has 1 fully saturated rings. The van der Waals surface area contributed by atoms with E-state index in [4.69, 9.17) is 0 Å². The summed E-state index contributed by atoms with van der Waals surface area (Å²) in [5.41, 5.74) is 0.163. The zero-order valence-electron chi connectivity index (χ0n) is 9.88. The molecule has 1 N–H and O–H groups in total. The van der Waals surface area contributed by atoms with Gasteiger partial charge in [-0.25, -0.2) is 4.39 Å². The Morgan fingerprint density at radius 1 is 1.50 bits per heavy atom. The first-order valence-electron chi connectivity index (χ1n) is 6.05. The molecule has 1 aromatic heterocycles. The second-order valence-electron chi connectivity index (χ2n) is 4.78. The third-order valence-electron chi connectivity index (χ3n) is 3.35. The van der Waals surface area contributed by atoms with E-state index in [0.29, 0.717) is 19.3 Å². The van der Waals surface area contributed by atoms with Crippen LogP contribution >= 0.6 is 0 Å². The number of nitrogens with zero attached hydrogens (tertiary/aromatic N) is 2. The largest absolute Gasteiger partial charge is 0.317 e. The summed E-state index contributed by atoms with van der Waals surface area (Å²) in [7, 11) is 1.89. The van der Waals surface area contributed by atoms with Gasteiger partial charge in [0.25, 0.3) is 0 Å². The summed E-state index contributed by atoms with van der Waals surface area (Å²) in [4.78, 5) is 0. The fourth-order valence-corrected chi connectivity index (χ4v) is 2.31. The van der Waals surface area contributed by atoms with Crippen molar-refractivity contribution in [2.24, 2.45) is 7.05 Å². The molecule has 2 heterocycles. The van der Waals surface area contributed by atoms with Gasteiger partial charge in [-0.2, -0.15) is 5.10 Å². The van der Waals surface area contributed by atoms with Gasteiger partial charge in [0.1, 0.15) is 5.67 Å². The van der Waals surface area contributed by atoms with E-state index in [9.17, 15) is 4.39 Å². The molecule has 3 nitrogen and oxygen atoms in total. The van der Waals surface area contributed by atoms with E-state index in [-0.39, 0.29) is 0 Å². The summed E-state index contributed by atoms with van der Waals surface area (Å²) >= 11 is 0. The maximum Gasteiger partial charge on any atom is 0.112 e. The van der Waals surface area contributed by atoms with Crippen molar-refractivity contribution in [2.75, 3.05) is 13.1 Å². The lowest BCUT2D eigenvalue weighted by Gasteiger charge is -2.22. The molecule has 1 unspecified atom stereocenters. The van der Waals surface area contributed by atoms with Crippen molar-refractivity contribution in [1.82, 2.24) is 15.1 Å². The van der Waals surface area contributed by atoms with Crippen LogP contribution in [0.5, 0.6) is 0 Å². The van der Waals surface area contributed by atoms with E-state index in [1.54, 1.807) is 4.68 Å². The van der Waals surface area contributed by atoms with Gasteiger partial charge >= 0.3 is 0 Å². The number of halogens is 1. The summed E-state index contributed by atoms with van der Waals surface area (Å²) in [6, 6.07) is 0. The first-order valence-corrected chi connectivity index (χ1v) is 6.05. The Morgan fingerprint density at radius 3 is 3.12 bits per heavy atom. The Balaban J connectivity index is 1.87. The summed E-state index contributed by atoms with van der Waals surface area (Å²) in [6.07, 6.45) is 7.51. The Bertz CT molecular complexity index is 327. The SMILES string of the molecule is Cn1cc(CCC2(F)CCCNCC2)cn1. The van der Waals surface area contributed by atoms with Gasteiger partial charge < -0.3 is 5.32 Å². The average Bonchev–Trinajstić information content (AvgIpc) is 2.54. The fraction of sp³-hybridized carbons (Fsp3) is 0.750. The second-order valence-corrected chi connectivity index (χ2v) is 4.78. The van der Waals surface area contributed by atoms with Crippen LogP contribution in [0.25, 0.3) is 0 Å². The summed E-state index contributed by atoms with van der Waals surface area (Å²) in [5.74, 6) is 0. The number of aromatic nitrogens is 2. The van der Waals surface area contributed by atoms with Crippen molar-refractivity contribution in [1.29, 1.82) is 0 Å². The van der Waals surface area contributed by atoms with Gasteiger partial charge in [0.05, 0.1) is 6.20 Å². The van der Waals surface area contributed by atoms with Crippen molar-refractivity contribution in [3.8, 4) is 0 Å². The number of rotatable bonds is 3. The highest BCUT2D eigenvalue weighted by Crippen LogP contribution is 2.29. The monoisotopic (exact) mass is 225 g/mol. The average molecular weight is 225 g/mol. The van der Waals surface area contributed by atoms with Crippen LogP contribution in [0, 0.1) is 0 Å². The van der Waals surface area contributed by atoms with Crippen LogP contribution in [0.15, 0.2) is 12.4 Å². The predicted octanol–water partition coefficient (Wildman–Crippen LogP) is 1.83. The van der Waals surface area contributed by atoms with Gasteiger partial charge in [-0.3, -0.25) is 4.68 Å². The zero-order chi connectivity index (χ0) is 11.4. The maximum absolute atomic E-state index is 14.5. The number of nitrogens with one attached hydrogen (secondary N) is 1. The van der Waals surface area contributed by atoms with Gasteiger partial charge in [-0.1, -0.05) is 0 Å². The quantitative estimate of drug-likeness (QED) is 0.850. The molecular formula is C12H20FN3. The lowest BCUT2D eigenvalue weighted by molar-refractivity contribution is 0.132. The molecule has 1 aromatic rings. The molecule has 0 amide bonds. The molecule has 2 rings (SSSR count). The zero-order valence-corrected chi connectivity index (χ0v) is 9.88. The molecular weight excluding hydrogens is 205 g/mol. The van der Waals surface area contributed by atoms with Crippen molar-refractivity contribution in [3.05, 3.63) is 18.0 Å². The Hall–Kier alpha value is -0.900. The van der Waals surface area contributed by atoms with Crippen LogP contribution in [0.2, 0.25) is 0 Å². The third-order valence-corrected chi connectivity index (χ3v) is 3.35. The minimum atomic E-state index is -0.973. The molecule has 0 spiro atoms. The predicted molar refractivity (Wildman–Crippen MR) is 62.1 cm³/mol. The summed E-state index contributed by atoms with van der Waals surface area (Å²) in [6.45, 7) is 1.77. The Labute approximate surface area is 96.0 Å². The van der Waals surface area contributed by atoms with Crippen LogP contribution in [0.1, 0.15) is 31.2 Å². The first-order chi connectivity index (χ1) is 7.68. The van der Waals surface area contributed by atoms with Gasteiger partial charge in [-0.15, -0.1) is 0 Å². The molecule has 0 aliphatic carbocycles. The van der Waals surface area contributed by atoms with E-state index < -0.39 is 5.67 Å². The van der Waals surface area contributed by atoms with Crippen LogP contribution in [0.4, 0.5) is 4.39 Å². The van der Waals surface area contributed by atoms with Crippen LogP contribution in [-0.4, -0.2) is 28.5 Å². The van der Waals surface area contributed by atoms with E-state index in [0.717, 1.165) is 31.5 Å². The molecule has 0 saturated carbocycles. The fourth-order valence-electron chi connectivity index (χ4n) is 2.31. The normalized spacial score (nSPS) is 26.6. The molecule has 0 aromatic carbocycles. The number of hydrogen-bond donors (Lipinski definition) is 1. The highest BCUT2D eigenvalue weighted by Gasteiger charge is 2.29. The minimum absolute atomic E-state index is 0.625. The van der Waals surface area contributed by atoms with Crippen molar-refractivity contribution >= 4 is 0 Å². The second kappa shape index (κ2) is 4.95. The van der Waals surface area contributed by atoms with Crippen LogP contribution < -0.4 is 5.32 Å². The summed E-state index contributed by atoms with van der Waals surface area (Å²) < 4.78 is 16.2. The highest BCUT2D eigenvalue weighted by molar-refractivity contribution is 5.05. The number of hydrogen-bond acceptors (Lipinski definition) is 2. The molecule has 1 aliphatic heterocycles. The van der Waals surface area contributed by atoms with Gasteiger partial charge in [-0.05, 0) is 50.8 Å². The van der Waals surface area contributed by atoms with E-state index in [2.05, 4.69) is 10.4 Å². The van der Waals surface area contributed by atoms with Gasteiger partial charge in [0.15, 0.2) is 0 Å². The molecule has 0 radical (unpaired) electrons.